The van der Waals surface area contributed by atoms with Gasteiger partial charge >= 0.3 is 0 Å². The average Bonchev–Trinajstić information content (AvgIpc) is 2.93. The maximum atomic E-state index is 16.0. The smallest absolute Gasteiger partial charge is 0.255 e. The van der Waals surface area contributed by atoms with Crippen LogP contribution in [0.4, 0.5) is 10.1 Å². The number of nitrogens with one attached hydrogen (secondary N) is 1. The van der Waals surface area contributed by atoms with E-state index < -0.39 is 81.9 Å². The highest BCUT2D eigenvalue weighted by atomic mass is 19.1. The third-order valence-electron chi connectivity index (χ3n) is 8.46. The van der Waals surface area contributed by atoms with E-state index in [9.17, 15) is 34.5 Å². The Bertz CT molecular complexity index is 1400. The Labute approximate surface area is 217 Å². The number of carbonyl (C=O) groups excluding carboxylic acids is 4. The highest BCUT2D eigenvalue weighted by molar-refractivity contribution is 6.22. The summed E-state index contributed by atoms with van der Waals surface area (Å²) < 4.78 is 16.0. The molecule has 5 atom stereocenters. The lowest BCUT2D eigenvalue weighted by Gasteiger charge is -2.46. The second-order valence-corrected chi connectivity index (χ2v) is 10.8. The molecule has 202 valence electrons. The number of phenolic OH excluding ortho intramolecular Hbond substituents is 1. The van der Waals surface area contributed by atoms with Gasteiger partial charge < -0.3 is 26.4 Å². The summed E-state index contributed by atoms with van der Waals surface area (Å²) in [5.74, 6) is -8.62. The number of fused-ring (bicyclic) bond motifs is 4. The number of aliphatic hydroxyl groups excluding tert-OH is 2. The number of nitrogens with zero attached hydrogens (tertiary/aromatic N) is 2. The Balaban J connectivity index is 1.69. The molecule has 12 heteroatoms. The quantitative estimate of drug-likeness (QED) is 0.276. The first kappa shape index (κ1) is 25.9. The number of allylic oxidation sites excluding steroid dienone is 2. The first-order valence-corrected chi connectivity index (χ1v) is 12.3. The molecular weight excluding hydrogens is 499 g/mol. The largest absolute Gasteiger partial charge is 0.511 e. The molecule has 6 N–H and O–H groups in total. The minimum Gasteiger partial charge on any atom is -0.511 e. The molecule has 5 rings (SSSR count). The highest BCUT2D eigenvalue weighted by Gasteiger charge is 2.55. The van der Waals surface area contributed by atoms with Crippen molar-refractivity contribution in [1.29, 1.82) is 0 Å². The number of nitrogens with two attached hydrogens (primary N) is 1. The van der Waals surface area contributed by atoms with Crippen LogP contribution in [0.2, 0.25) is 0 Å². The fourth-order valence-corrected chi connectivity index (χ4v) is 6.51. The molecule has 0 spiro atoms. The van der Waals surface area contributed by atoms with E-state index in [0.29, 0.717) is 0 Å². The van der Waals surface area contributed by atoms with Gasteiger partial charge in [0.05, 0.1) is 29.3 Å². The summed E-state index contributed by atoms with van der Waals surface area (Å²) >= 11 is 0. The molecule has 0 saturated heterocycles. The molecule has 0 fully saturated rings. The Morgan fingerprint density at radius 1 is 1.13 bits per heavy atom. The number of rotatable bonds is 2. The zero-order valence-electron chi connectivity index (χ0n) is 21.3. The summed E-state index contributed by atoms with van der Waals surface area (Å²) in [6.07, 6.45) is 0.0515. The second-order valence-electron chi connectivity index (χ2n) is 10.8. The molecular formula is C26H29FN4O7. The molecule has 1 aromatic rings. The summed E-state index contributed by atoms with van der Waals surface area (Å²) in [7, 11) is 4.90. The molecule has 1 heterocycles. The highest BCUT2D eigenvalue weighted by Crippen LogP contribution is 2.52. The van der Waals surface area contributed by atoms with Crippen LogP contribution in [0.3, 0.4) is 0 Å². The van der Waals surface area contributed by atoms with Gasteiger partial charge in [0.2, 0.25) is 5.91 Å². The topological polar surface area (TPSA) is 173 Å². The van der Waals surface area contributed by atoms with Crippen LogP contribution in [-0.4, -0.2) is 81.7 Å². The molecule has 0 aromatic heterocycles. The molecule has 3 aliphatic carbocycles. The fourth-order valence-electron chi connectivity index (χ4n) is 6.51. The van der Waals surface area contributed by atoms with Crippen LogP contribution in [0.25, 0.3) is 0 Å². The van der Waals surface area contributed by atoms with Crippen molar-refractivity contribution in [2.24, 2.45) is 23.5 Å². The van der Waals surface area contributed by atoms with Crippen LogP contribution in [0, 0.1) is 23.6 Å². The number of benzene rings is 1. The summed E-state index contributed by atoms with van der Waals surface area (Å²) in [5.41, 5.74) is 4.00. The van der Waals surface area contributed by atoms with Crippen molar-refractivity contribution in [3.05, 3.63) is 45.2 Å². The van der Waals surface area contributed by atoms with Crippen molar-refractivity contribution in [2.75, 3.05) is 26.5 Å². The minimum atomic E-state index is -1.33. The fraction of sp³-hybridized carbons (Fsp3) is 0.462. The Morgan fingerprint density at radius 3 is 2.39 bits per heavy atom. The van der Waals surface area contributed by atoms with Crippen LogP contribution in [0.5, 0.6) is 5.75 Å². The van der Waals surface area contributed by atoms with Crippen LogP contribution in [0.1, 0.15) is 34.8 Å². The van der Waals surface area contributed by atoms with E-state index in [1.165, 1.54) is 0 Å². The van der Waals surface area contributed by atoms with Crippen molar-refractivity contribution < 1.29 is 38.9 Å². The van der Waals surface area contributed by atoms with Crippen LogP contribution in [0.15, 0.2) is 22.7 Å². The van der Waals surface area contributed by atoms with Crippen molar-refractivity contribution in [2.45, 2.75) is 38.4 Å². The number of likely N-dealkylation sites (N-methyl/N-ethyl adjacent to an activating group) is 2. The SMILES string of the molecule is C[C@H]1C(=O)Nc2c(O)c3c(c(F)c2CN1C)C[C@H]1C[C@@H]2C(C(=O)C(C(N)=O)=C(O)[C@H]2N(C)C)C(O)=C1C3=O. The molecule has 0 saturated carbocycles. The lowest BCUT2D eigenvalue weighted by molar-refractivity contribution is -0.127. The standard InChI is InChI=1S/C26H29FN4O7/c1-8-26(38)29-18-12(7-31(8)4)17(27)10-5-9-6-11-15(21(33)13(9)20(32)14(10)23(18)35)22(34)16(25(28)37)24(36)19(11)30(2)3/h8-9,11,15,19,33,35-36H,5-7H2,1-4H3,(H2,28,37)(H,29,38)/t8-,9-,11+,15?,19-/m0/s1. The third-order valence-corrected chi connectivity index (χ3v) is 8.46. The van der Waals surface area contributed by atoms with Gasteiger partial charge in [-0.1, -0.05) is 0 Å². The zero-order chi connectivity index (χ0) is 28.0. The van der Waals surface area contributed by atoms with E-state index in [-0.39, 0.29) is 47.3 Å². The molecule has 0 radical (unpaired) electrons. The summed E-state index contributed by atoms with van der Waals surface area (Å²) in [6.45, 7) is 1.63. The molecule has 2 amide bonds. The number of hydrogen-bond donors (Lipinski definition) is 5. The normalized spacial score (nSPS) is 29.4. The van der Waals surface area contributed by atoms with Gasteiger partial charge in [0.15, 0.2) is 17.3 Å². The van der Waals surface area contributed by atoms with Crippen molar-refractivity contribution in [3.63, 3.8) is 0 Å². The van der Waals surface area contributed by atoms with Gasteiger partial charge in [-0.2, -0.15) is 0 Å². The zero-order valence-corrected chi connectivity index (χ0v) is 21.3. The van der Waals surface area contributed by atoms with E-state index in [2.05, 4.69) is 5.32 Å². The van der Waals surface area contributed by atoms with Gasteiger partial charge in [-0.25, -0.2) is 4.39 Å². The lowest BCUT2D eigenvalue weighted by Crippen LogP contribution is -2.53. The summed E-state index contributed by atoms with van der Waals surface area (Å²) in [5, 5.41) is 35.7. The first-order valence-electron chi connectivity index (χ1n) is 12.3. The van der Waals surface area contributed by atoms with E-state index in [1.807, 2.05) is 0 Å². The summed E-state index contributed by atoms with van der Waals surface area (Å²) in [4.78, 5) is 54.8. The molecule has 1 aromatic carbocycles. The Morgan fingerprint density at radius 2 is 1.79 bits per heavy atom. The lowest BCUT2D eigenvalue weighted by atomic mass is 9.61. The average molecular weight is 529 g/mol. The van der Waals surface area contributed by atoms with E-state index in [0.717, 1.165) is 0 Å². The van der Waals surface area contributed by atoms with Gasteiger partial charge in [-0.15, -0.1) is 0 Å². The monoisotopic (exact) mass is 528 g/mol. The Kier molecular flexibility index (Phi) is 5.88. The Hall–Kier alpha value is -3.77. The number of anilines is 1. The van der Waals surface area contributed by atoms with Gasteiger partial charge in [0.25, 0.3) is 5.91 Å². The number of carbonyl (C=O) groups is 4. The number of aromatic hydroxyl groups is 1. The number of phenols is 1. The van der Waals surface area contributed by atoms with Gasteiger partial charge in [0, 0.05) is 23.2 Å². The van der Waals surface area contributed by atoms with Gasteiger partial charge in [-0.3, -0.25) is 29.0 Å². The minimum absolute atomic E-state index is 0.00514. The number of aliphatic hydroxyl groups is 2. The molecule has 38 heavy (non-hydrogen) atoms. The third kappa shape index (κ3) is 3.39. The predicted octanol–water partition coefficient (Wildman–Crippen LogP) is 0.917. The molecule has 0 bridgehead atoms. The first-order chi connectivity index (χ1) is 17.8. The molecule has 1 unspecified atom stereocenters. The van der Waals surface area contributed by atoms with E-state index >= 15 is 4.39 Å². The van der Waals surface area contributed by atoms with Crippen molar-refractivity contribution in [1.82, 2.24) is 9.80 Å². The molecule has 4 aliphatic rings. The van der Waals surface area contributed by atoms with Crippen LogP contribution < -0.4 is 11.1 Å². The summed E-state index contributed by atoms with van der Waals surface area (Å²) in [6, 6.07) is -1.49. The van der Waals surface area contributed by atoms with Gasteiger partial charge in [-0.05, 0) is 52.7 Å². The molecule has 11 nitrogen and oxygen atoms in total. The number of amides is 2. The maximum Gasteiger partial charge on any atom is 0.255 e. The number of halogens is 1. The van der Waals surface area contributed by atoms with Crippen molar-refractivity contribution >= 4 is 29.1 Å². The number of hydrogen-bond acceptors (Lipinski definition) is 9. The van der Waals surface area contributed by atoms with Crippen LogP contribution >= 0.6 is 0 Å². The number of Topliss-reactive ketones (excluding diaryl/α,β-unsaturated/α-hetero) is 2. The van der Waals surface area contributed by atoms with E-state index in [4.69, 9.17) is 5.73 Å². The second kappa shape index (κ2) is 8.63. The van der Waals surface area contributed by atoms with Gasteiger partial charge in [0.1, 0.15) is 22.9 Å². The number of primary amides is 1. The number of ketones is 2. The van der Waals surface area contributed by atoms with E-state index in [1.54, 1.807) is 37.9 Å². The molecule has 1 aliphatic heterocycles. The van der Waals surface area contributed by atoms with Crippen LogP contribution in [-0.2, 0) is 27.3 Å². The predicted molar refractivity (Wildman–Crippen MR) is 132 cm³/mol. The van der Waals surface area contributed by atoms with Crippen molar-refractivity contribution in [3.8, 4) is 5.75 Å². The maximum absolute atomic E-state index is 16.0.